The van der Waals surface area contributed by atoms with E-state index in [2.05, 4.69) is 10.1 Å². The van der Waals surface area contributed by atoms with E-state index in [9.17, 15) is 18.0 Å². The molecule has 0 fully saturated rings. The van der Waals surface area contributed by atoms with Gasteiger partial charge >= 0.3 is 12.1 Å². The van der Waals surface area contributed by atoms with E-state index in [1.165, 1.54) is 7.11 Å². The van der Waals surface area contributed by atoms with Crippen LogP contribution in [0, 0.1) is 0 Å². The van der Waals surface area contributed by atoms with Gasteiger partial charge in [-0.1, -0.05) is 6.07 Å². The largest absolute Gasteiger partial charge is 0.465 e. The summed E-state index contributed by atoms with van der Waals surface area (Å²) in [5.74, 6) is -0.446. The van der Waals surface area contributed by atoms with Crippen LogP contribution in [0.15, 0.2) is 24.3 Å². The number of carbonyl (C=O) groups is 1. The Morgan fingerprint density at radius 3 is 2.70 bits per heavy atom. The molecule has 6 heteroatoms. The predicted octanol–water partition coefficient (Wildman–Crippen LogP) is 4.01. The third-order valence-electron chi connectivity index (χ3n) is 2.79. The van der Waals surface area contributed by atoms with E-state index in [1.54, 1.807) is 31.2 Å². The zero-order valence-corrected chi connectivity index (χ0v) is 11.5. The Balaban J connectivity index is 2.49. The summed E-state index contributed by atoms with van der Waals surface area (Å²) in [7, 11) is 1.29. The number of nitrogens with one attached hydrogen (secondary N) is 1. The molecule has 1 aromatic carbocycles. The van der Waals surface area contributed by atoms with Crippen LogP contribution in [0.5, 0.6) is 0 Å². The fraction of sp³-hybridized carbons (Fsp3) is 0.500. The molecule has 1 N–H and O–H groups in total. The number of rotatable bonds is 6. The van der Waals surface area contributed by atoms with E-state index in [1.807, 2.05) is 0 Å². The molecule has 1 rings (SSSR count). The van der Waals surface area contributed by atoms with Crippen LogP contribution in [0.1, 0.15) is 36.5 Å². The molecule has 0 bridgehead atoms. The molecule has 1 atom stereocenters. The lowest BCUT2D eigenvalue weighted by Gasteiger charge is -2.16. The number of esters is 1. The molecular formula is C14H18F3NO2. The zero-order valence-electron chi connectivity index (χ0n) is 11.5. The van der Waals surface area contributed by atoms with Crippen LogP contribution in [0.3, 0.4) is 0 Å². The van der Waals surface area contributed by atoms with Gasteiger partial charge in [0, 0.05) is 18.2 Å². The van der Waals surface area contributed by atoms with E-state index < -0.39 is 18.6 Å². The van der Waals surface area contributed by atoms with Crippen molar-refractivity contribution in [1.29, 1.82) is 0 Å². The number of methoxy groups -OCH3 is 1. The Hall–Kier alpha value is -1.72. The first-order valence-corrected chi connectivity index (χ1v) is 6.33. The average molecular weight is 289 g/mol. The Morgan fingerprint density at radius 2 is 2.10 bits per heavy atom. The maximum atomic E-state index is 12.0. The molecule has 0 saturated heterocycles. The van der Waals surface area contributed by atoms with Gasteiger partial charge in [-0.05, 0) is 38.0 Å². The van der Waals surface area contributed by atoms with Crippen molar-refractivity contribution in [2.24, 2.45) is 0 Å². The number of carbonyl (C=O) groups excluding carboxylic acids is 1. The van der Waals surface area contributed by atoms with Gasteiger partial charge in [0.1, 0.15) is 0 Å². The first-order valence-electron chi connectivity index (χ1n) is 6.33. The van der Waals surface area contributed by atoms with Crippen molar-refractivity contribution in [2.45, 2.75) is 38.4 Å². The van der Waals surface area contributed by atoms with Crippen LogP contribution >= 0.6 is 0 Å². The number of hydrogen-bond donors (Lipinski definition) is 1. The monoisotopic (exact) mass is 289 g/mol. The van der Waals surface area contributed by atoms with Crippen molar-refractivity contribution in [3.63, 3.8) is 0 Å². The van der Waals surface area contributed by atoms with Gasteiger partial charge in [0.15, 0.2) is 0 Å². The summed E-state index contributed by atoms with van der Waals surface area (Å²) in [5.41, 5.74) is 1.09. The van der Waals surface area contributed by atoms with Crippen LogP contribution < -0.4 is 5.32 Å². The van der Waals surface area contributed by atoms with E-state index in [-0.39, 0.29) is 12.5 Å². The maximum absolute atomic E-state index is 12.0. The van der Waals surface area contributed by atoms with Crippen LogP contribution in [-0.4, -0.2) is 25.3 Å². The molecule has 0 spiro atoms. The molecule has 20 heavy (non-hydrogen) atoms. The van der Waals surface area contributed by atoms with E-state index in [4.69, 9.17) is 0 Å². The van der Waals surface area contributed by atoms with Crippen molar-refractivity contribution in [3.05, 3.63) is 29.8 Å². The molecule has 0 heterocycles. The predicted molar refractivity (Wildman–Crippen MR) is 70.8 cm³/mol. The van der Waals surface area contributed by atoms with Crippen molar-refractivity contribution in [1.82, 2.24) is 0 Å². The second-order valence-electron chi connectivity index (χ2n) is 4.63. The number of hydrogen-bond acceptors (Lipinski definition) is 3. The van der Waals surface area contributed by atoms with Gasteiger partial charge in [-0.15, -0.1) is 0 Å². The summed E-state index contributed by atoms with van der Waals surface area (Å²) >= 11 is 0. The Labute approximate surface area is 116 Å². The number of alkyl halides is 3. The Bertz CT molecular complexity index is 446. The molecule has 3 nitrogen and oxygen atoms in total. The van der Waals surface area contributed by atoms with Crippen LogP contribution in [0.25, 0.3) is 0 Å². The van der Waals surface area contributed by atoms with Crippen molar-refractivity contribution >= 4 is 11.7 Å². The van der Waals surface area contributed by atoms with Gasteiger partial charge in [-0.2, -0.15) is 13.2 Å². The molecule has 0 aliphatic heterocycles. The molecule has 112 valence electrons. The number of halogens is 3. The number of anilines is 1. The normalized spacial score (nSPS) is 12.8. The number of benzene rings is 1. The van der Waals surface area contributed by atoms with Gasteiger partial charge in [-0.25, -0.2) is 4.79 Å². The molecule has 1 aromatic rings. The summed E-state index contributed by atoms with van der Waals surface area (Å²) in [6.07, 6.45) is -4.40. The standard InChI is InChI=1S/C14H18F3NO2/c1-10(5-4-8-14(15,16)17)18-12-7-3-6-11(9-12)13(19)20-2/h3,6-7,9-10,18H,4-5,8H2,1-2H3. The molecule has 0 amide bonds. The lowest BCUT2D eigenvalue weighted by Crippen LogP contribution is -2.17. The SMILES string of the molecule is COC(=O)c1cccc(NC(C)CCCC(F)(F)F)c1. The molecule has 0 radical (unpaired) electrons. The summed E-state index contributed by atoms with van der Waals surface area (Å²) in [5, 5.41) is 3.07. The first-order chi connectivity index (χ1) is 9.31. The molecule has 0 aliphatic carbocycles. The third kappa shape index (κ3) is 5.95. The maximum Gasteiger partial charge on any atom is 0.389 e. The van der Waals surface area contributed by atoms with E-state index in [0.717, 1.165) is 0 Å². The lowest BCUT2D eigenvalue weighted by molar-refractivity contribution is -0.135. The van der Waals surface area contributed by atoms with Crippen molar-refractivity contribution in [3.8, 4) is 0 Å². The highest BCUT2D eigenvalue weighted by molar-refractivity contribution is 5.90. The quantitative estimate of drug-likeness (QED) is 0.804. The molecule has 1 unspecified atom stereocenters. The smallest absolute Gasteiger partial charge is 0.389 e. The summed E-state index contributed by atoms with van der Waals surface area (Å²) in [6.45, 7) is 1.81. The fourth-order valence-electron chi connectivity index (χ4n) is 1.82. The third-order valence-corrected chi connectivity index (χ3v) is 2.79. The summed E-state index contributed by atoms with van der Waals surface area (Å²) in [4.78, 5) is 11.4. The van der Waals surface area contributed by atoms with Crippen LogP contribution in [-0.2, 0) is 4.74 Å². The van der Waals surface area contributed by atoms with Gasteiger partial charge in [-0.3, -0.25) is 0 Å². The topological polar surface area (TPSA) is 38.3 Å². The Morgan fingerprint density at radius 1 is 1.40 bits per heavy atom. The average Bonchev–Trinajstić information content (AvgIpc) is 2.36. The van der Waals surface area contributed by atoms with E-state index in [0.29, 0.717) is 17.7 Å². The Kier molecular flexibility index (Phi) is 5.85. The highest BCUT2D eigenvalue weighted by Gasteiger charge is 2.26. The van der Waals surface area contributed by atoms with E-state index >= 15 is 0 Å². The second-order valence-corrected chi connectivity index (χ2v) is 4.63. The van der Waals surface area contributed by atoms with Crippen LogP contribution in [0.4, 0.5) is 18.9 Å². The van der Waals surface area contributed by atoms with Crippen molar-refractivity contribution in [2.75, 3.05) is 12.4 Å². The molecule has 0 aromatic heterocycles. The fourth-order valence-corrected chi connectivity index (χ4v) is 1.82. The molecule has 0 aliphatic rings. The van der Waals surface area contributed by atoms with Crippen LogP contribution in [0.2, 0.25) is 0 Å². The number of ether oxygens (including phenoxy) is 1. The minimum absolute atomic E-state index is 0.0777. The minimum Gasteiger partial charge on any atom is -0.465 e. The van der Waals surface area contributed by atoms with Gasteiger partial charge in [0.05, 0.1) is 12.7 Å². The molecule has 0 saturated carbocycles. The van der Waals surface area contributed by atoms with Gasteiger partial charge in [0.25, 0.3) is 0 Å². The van der Waals surface area contributed by atoms with Gasteiger partial charge < -0.3 is 10.1 Å². The second kappa shape index (κ2) is 7.17. The first kappa shape index (κ1) is 16.3. The summed E-state index contributed by atoms with van der Waals surface area (Å²) < 4.78 is 40.7. The highest BCUT2D eigenvalue weighted by Crippen LogP contribution is 2.23. The van der Waals surface area contributed by atoms with Gasteiger partial charge in [0.2, 0.25) is 0 Å². The highest BCUT2D eigenvalue weighted by atomic mass is 19.4. The minimum atomic E-state index is -4.11. The molecular weight excluding hydrogens is 271 g/mol. The lowest BCUT2D eigenvalue weighted by atomic mass is 10.1. The van der Waals surface area contributed by atoms with Crippen molar-refractivity contribution < 1.29 is 22.7 Å². The zero-order chi connectivity index (χ0) is 15.2. The summed E-state index contributed by atoms with van der Waals surface area (Å²) in [6, 6.07) is 6.58.